The lowest BCUT2D eigenvalue weighted by Crippen LogP contribution is -2.48. The quantitative estimate of drug-likeness (QED) is 0.301. The largest absolute Gasteiger partial charge is 0.480 e. The molecule has 13 heteroatoms. The van der Waals surface area contributed by atoms with Crippen molar-refractivity contribution in [2.45, 2.75) is 29.8 Å². The Kier molecular flexibility index (Phi) is 8.48. The van der Waals surface area contributed by atoms with Crippen molar-refractivity contribution >= 4 is 33.5 Å². The van der Waals surface area contributed by atoms with Gasteiger partial charge in [0.2, 0.25) is 16.0 Å². The molecule has 2 atom stereocenters. The molecule has 11 nitrogen and oxygen atoms in total. The zero-order chi connectivity index (χ0) is 27.1. The fraction of sp³-hybridized carbons (Fsp3) is 0.280. The zero-order valence-corrected chi connectivity index (χ0v) is 21.1. The highest BCUT2D eigenvalue weighted by Gasteiger charge is 2.27. The van der Waals surface area contributed by atoms with E-state index >= 15 is 4.39 Å². The summed E-state index contributed by atoms with van der Waals surface area (Å²) in [4.78, 5) is 34.3. The number of anilines is 2. The Labute approximate surface area is 219 Å². The van der Waals surface area contributed by atoms with E-state index in [1.54, 1.807) is 24.5 Å². The van der Waals surface area contributed by atoms with Gasteiger partial charge in [0.25, 0.3) is 5.91 Å². The number of carbonyl (C=O) groups is 2. The highest BCUT2D eigenvalue weighted by molar-refractivity contribution is 7.89. The monoisotopic (exact) mass is 542 g/mol. The number of rotatable bonds is 10. The molecule has 4 N–H and O–H groups in total. The number of halogens is 1. The Morgan fingerprint density at radius 3 is 2.53 bits per heavy atom. The van der Waals surface area contributed by atoms with E-state index in [4.69, 9.17) is 0 Å². The smallest absolute Gasteiger partial charge is 0.323 e. The van der Waals surface area contributed by atoms with Gasteiger partial charge in [0, 0.05) is 43.6 Å². The number of piperidine rings is 1. The van der Waals surface area contributed by atoms with Crippen LogP contribution in [0, 0.1) is 5.82 Å². The van der Waals surface area contributed by atoms with Crippen LogP contribution in [0.2, 0.25) is 0 Å². The van der Waals surface area contributed by atoms with Crippen molar-refractivity contribution in [3.05, 3.63) is 78.4 Å². The van der Waals surface area contributed by atoms with Crippen LogP contribution in [-0.2, 0) is 14.8 Å². The summed E-state index contributed by atoms with van der Waals surface area (Å²) in [5, 5.41) is 15.1. The first-order chi connectivity index (χ1) is 18.2. The van der Waals surface area contributed by atoms with Crippen molar-refractivity contribution in [2.75, 3.05) is 29.9 Å². The van der Waals surface area contributed by atoms with E-state index in [9.17, 15) is 23.1 Å². The van der Waals surface area contributed by atoms with Crippen molar-refractivity contribution < 1.29 is 27.5 Å². The van der Waals surface area contributed by atoms with E-state index in [1.807, 2.05) is 4.90 Å². The summed E-state index contributed by atoms with van der Waals surface area (Å²) in [6.07, 6.45) is 4.96. The van der Waals surface area contributed by atoms with Crippen LogP contribution in [0.4, 0.5) is 16.0 Å². The third-order valence-electron chi connectivity index (χ3n) is 5.99. The SMILES string of the molecule is O=C(NCC(NS(=O)(=O)c1ccccc1)C(=O)O)c1ccc(N2CCCC(Nc3ncccn3)C2)c(F)c1. The first-order valence-corrected chi connectivity index (χ1v) is 13.4. The number of aliphatic carboxylic acids is 1. The number of amides is 1. The molecular weight excluding hydrogens is 515 g/mol. The average Bonchev–Trinajstić information content (AvgIpc) is 2.92. The first-order valence-electron chi connectivity index (χ1n) is 11.9. The van der Waals surface area contributed by atoms with Crippen LogP contribution in [0.15, 0.2) is 71.9 Å². The maximum absolute atomic E-state index is 15.0. The molecule has 1 saturated heterocycles. The fourth-order valence-corrected chi connectivity index (χ4v) is 5.32. The number of benzene rings is 2. The predicted molar refractivity (Wildman–Crippen MR) is 138 cm³/mol. The van der Waals surface area contributed by atoms with Gasteiger partial charge in [-0.05, 0) is 49.2 Å². The molecule has 1 aliphatic rings. The lowest BCUT2D eigenvalue weighted by molar-refractivity contribution is -0.138. The van der Waals surface area contributed by atoms with E-state index in [1.165, 1.54) is 36.4 Å². The van der Waals surface area contributed by atoms with Crippen LogP contribution < -0.4 is 20.3 Å². The van der Waals surface area contributed by atoms with Gasteiger partial charge in [-0.2, -0.15) is 4.72 Å². The number of nitrogens with one attached hydrogen (secondary N) is 3. The van der Waals surface area contributed by atoms with Crippen molar-refractivity contribution in [1.29, 1.82) is 0 Å². The van der Waals surface area contributed by atoms with E-state index < -0.39 is 40.3 Å². The normalized spacial score (nSPS) is 16.4. The van der Waals surface area contributed by atoms with E-state index in [0.717, 1.165) is 18.9 Å². The lowest BCUT2D eigenvalue weighted by Gasteiger charge is -2.35. The van der Waals surface area contributed by atoms with E-state index in [0.29, 0.717) is 24.7 Å². The summed E-state index contributed by atoms with van der Waals surface area (Å²) >= 11 is 0. The Hall–Kier alpha value is -4.10. The maximum atomic E-state index is 15.0. The second-order valence-corrected chi connectivity index (χ2v) is 10.4. The summed E-state index contributed by atoms with van der Waals surface area (Å²) in [6, 6.07) is 11.4. The molecule has 0 bridgehead atoms. The zero-order valence-electron chi connectivity index (χ0n) is 20.2. The summed E-state index contributed by atoms with van der Waals surface area (Å²) in [5.41, 5.74) is 0.312. The maximum Gasteiger partial charge on any atom is 0.323 e. The molecule has 0 saturated carbocycles. The van der Waals surface area contributed by atoms with Gasteiger partial charge in [-0.15, -0.1) is 0 Å². The van der Waals surface area contributed by atoms with Gasteiger partial charge in [-0.25, -0.2) is 22.8 Å². The molecular formula is C25H27FN6O5S. The molecule has 1 aliphatic heterocycles. The van der Waals surface area contributed by atoms with E-state index in [2.05, 4.69) is 25.3 Å². The number of carboxylic acid groups (broad SMARTS) is 1. The molecule has 1 aromatic heterocycles. The number of hydrogen-bond donors (Lipinski definition) is 4. The Bertz CT molecular complexity index is 1380. The molecule has 3 aromatic rings. The summed E-state index contributed by atoms with van der Waals surface area (Å²) < 4.78 is 42.0. The van der Waals surface area contributed by atoms with Crippen LogP contribution >= 0.6 is 0 Å². The summed E-state index contributed by atoms with van der Waals surface area (Å²) in [7, 11) is -4.13. The molecule has 1 amide bonds. The second-order valence-electron chi connectivity index (χ2n) is 8.70. The van der Waals surface area contributed by atoms with Gasteiger partial charge >= 0.3 is 5.97 Å². The topological polar surface area (TPSA) is 154 Å². The number of carboxylic acids is 1. The Balaban J connectivity index is 1.37. The van der Waals surface area contributed by atoms with E-state index in [-0.39, 0.29) is 16.5 Å². The fourth-order valence-electron chi connectivity index (χ4n) is 4.11. The minimum atomic E-state index is -4.13. The number of nitrogens with zero attached hydrogens (tertiary/aromatic N) is 3. The number of aromatic nitrogens is 2. The Morgan fingerprint density at radius 1 is 1.11 bits per heavy atom. The van der Waals surface area contributed by atoms with Crippen LogP contribution in [0.5, 0.6) is 0 Å². The van der Waals surface area contributed by atoms with Crippen molar-refractivity contribution in [3.8, 4) is 0 Å². The van der Waals surface area contributed by atoms with Gasteiger partial charge in [-0.3, -0.25) is 9.59 Å². The molecule has 0 spiro atoms. The second kappa shape index (κ2) is 12.0. The van der Waals surface area contributed by atoms with Crippen molar-refractivity contribution in [2.24, 2.45) is 0 Å². The molecule has 0 radical (unpaired) electrons. The Morgan fingerprint density at radius 2 is 1.84 bits per heavy atom. The molecule has 1 fully saturated rings. The van der Waals surface area contributed by atoms with Crippen LogP contribution in [0.3, 0.4) is 0 Å². The minimum Gasteiger partial charge on any atom is -0.480 e. The first kappa shape index (κ1) is 26.9. The highest BCUT2D eigenvalue weighted by atomic mass is 32.2. The number of carbonyl (C=O) groups excluding carboxylic acids is 1. The van der Waals surface area contributed by atoms with Gasteiger partial charge in [0.1, 0.15) is 11.9 Å². The van der Waals surface area contributed by atoms with Gasteiger partial charge in [-0.1, -0.05) is 18.2 Å². The molecule has 2 unspecified atom stereocenters. The highest BCUT2D eigenvalue weighted by Crippen LogP contribution is 2.25. The predicted octanol–water partition coefficient (Wildman–Crippen LogP) is 1.86. The standard InChI is InChI=1S/C25H27FN6O5S/c26-20-14-17(9-10-22(20)32-13-4-6-18(16-32)30-25-27-11-5-12-28-25)23(33)29-15-21(24(34)35)31-38(36,37)19-7-2-1-3-8-19/h1-3,5,7-12,14,18,21,31H,4,6,13,15-16H2,(H,29,33)(H,34,35)(H,27,28,30). The molecule has 0 aliphatic carbocycles. The third-order valence-corrected chi connectivity index (χ3v) is 7.47. The molecule has 2 aromatic carbocycles. The molecule has 38 heavy (non-hydrogen) atoms. The average molecular weight is 543 g/mol. The summed E-state index contributed by atoms with van der Waals surface area (Å²) in [6.45, 7) is 0.616. The molecule has 200 valence electrons. The summed E-state index contributed by atoms with van der Waals surface area (Å²) in [5.74, 6) is -2.31. The van der Waals surface area contributed by atoms with Crippen LogP contribution in [0.25, 0.3) is 0 Å². The minimum absolute atomic E-state index is 0.0149. The number of sulfonamides is 1. The van der Waals surface area contributed by atoms with Crippen molar-refractivity contribution in [1.82, 2.24) is 20.0 Å². The number of hydrogen-bond acceptors (Lipinski definition) is 8. The molecule has 2 heterocycles. The lowest BCUT2D eigenvalue weighted by atomic mass is 10.0. The van der Waals surface area contributed by atoms with Crippen molar-refractivity contribution in [3.63, 3.8) is 0 Å². The van der Waals surface area contributed by atoms with Gasteiger partial charge < -0.3 is 20.6 Å². The van der Waals surface area contributed by atoms with Gasteiger partial charge in [0.05, 0.1) is 10.6 Å². The molecule has 4 rings (SSSR count). The van der Waals surface area contributed by atoms with Crippen LogP contribution in [-0.4, -0.2) is 67.1 Å². The van der Waals surface area contributed by atoms with Gasteiger partial charge in [0.15, 0.2) is 0 Å². The van der Waals surface area contributed by atoms with Crippen LogP contribution in [0.1, 0.15) is 23.2 Å². The third kappa shape index (κ3) is 6.81.